The van der Waals surface area contributed by atoms with Gasteiger partial charge in [-0.25, -0.2) is 0 Å². The molecular formula is C14H23N3O2S. The van der Waals surface area contributed by atoms with Crippen LogP contribution < -0.4 is 0 Å². The van der Waals surface area contributed by atoms with E-state index in [9.17, 15) is 8.42 Å². The largest absolute Gasteiger partial charge is 0.300 e. The zero-order valence-electron chi connectivity index (χ0n) is 12.4. The molecule has 1 atom stereocenters. The van der Waals surface area contributed by atoms with Gasteiger partial charge in [-0.2, -0.15) is 17.0 Å². The number of nitrogens with zero attached hydrogens (tertiary/aromatic N) is 3. The molecule has 1 aromatic rings. The van der Waals surface area contributed by atoms with Crippen molar-refractivity contribution in [1.29, 1.82) is 0 Å². The van der Waals surface area contributed by atoms with Crippen molar-refractivity contribution in [3.63, 3.8) is 0 Å². The van der Waals surface area contributed by atoms with E-state index in [2.05, 4.69) is 24.1 Å². The maximum absolute atomic E-state index is 12.2. The van der Waals surface area contributed by atoms with Crippen molar-refractivity contribution in [2.75, 3.05) is 40.8 Å². The Hall–Kier alpha value is -0.950. The average Bonchev–Trinajstić information content (AvgIpc) is 2.42. The van der Waals surface area contributed by atoms with Gasteiger partial charge < -0.3 is 4.90 Å². The third-order valence-electron chi connectivity index (χ3n) is 3.84. The molecule has 5 nitrogen and oxygen atoms in total. The Morgan fingerprint density at radius 1 is 1.20 bits per heavy atom. The second kappa shape index (κ2) is 6.22. The van der Waals surface area contributed by atoms with E-state index in [0.717, 1.165) is 13.0 Å². The zero-order valence-corrected chi connectivity index (χ0v) is 13.2. The van der Waals surface area contributed by atoms with Crippen LogP contribution in [-0.4, -0.2) is 68.7 Å². The highest BCUT2D eigenvalue weighted by atomic mass is 32.2. The van der Waals surface area contributed by atoms with Gasteiger partial charge in [-0.15, -0.1) is 0 Å². The lowest BCUT2D eigenvalue weighted by atomic mass is 10.0. The Bertz CT molecular complexity index is 531. The lowest BCUT2D eigenvalue weighted by molar-refractivity contribution is 0.143. The van der Waals surface area contributed by atoms with Crippen LogP contribution in [0.15, 0.2) is 30.3 Å². The predicted octanol–water partition coefficient (Wildman–Crippen LogP) is 0.652. The molecule has 0 unspecified atom stereocenters. The molecule has 0 bridgehead atoms. The highest BCUT2D eigenvalue weighted by Crippen LogP contribution is 2.17. The molecule has 0 radical (unpaired) electrons. The van der Waals surface area contributed by atoms with Crippen molar-refractivity contribution in [2.24, 2.45) is 0 Å². The van der Waals surface area contributed by atoms with Crippen molar-refractivity contribution < 1.29 is 8.42 Å². The van der Waals surface area contributed by atoms with Crippen LogP contribution in [0.3, 0.4) is 0 Å². The van der Waals surface area contributed by atoms with Gasteiger partial charge in [0.1, 0.15) is 0 Å². The number of rotatable bonds is 4. The lowest BCUT2D eigenvalue weighted by Crippen LogP contribution is -2.56. The molecule has 112 valence electrons. The molecule has 1 saturated heterocycles. The molecule has 1 heterocycles. The van der Waals surface area contributed by atoms with E-state index in [1.54, 1.807) is 18.4 Å². The van der Waals surface area contributed by atoms with Gasteiger partial charge in [0.05, 0.1) is 0 Å². The minimum Gasteiger partial charge on any atom is -0.300 e. The fourth-order valence-electron chi connectivity index (χ4n) is 2.46. The van der Waals surface area contributed by atoms with Crippen molar-refractivity contribution in [3.05, 3.63) is 35.9 Å². The molecule has 0 aromatic heterocycles. The summed E-state index contributed by atoms with van der Waals surface area (Å²) in [5.41, 5.74) is 1.24. The van der Waals surface area contributed by atoms with Crippen LogP contribution in [0.2, 0.25) is 0 Å². The third-order valence-corrected chi connectivity index (χ3v) is 5.75. The molecule has 0 aliphatic carbocycles. The monoisotopic (exact) mass is 297 g/mol. The first-order valence-electron chi connectivity index (χ1n) is 6.83. The molecular weight excluding hydrogens is 274 g/mol. The maximum Gasteiger partial charge on any atom is 0.281 e. The summed E-state index contributed by atoms with van der Waals surface area (Å²) in [6.07, 6.45) is 0.872. The molecule has 0 spiro atoms. The highest BCUT2D eigenvalue weighted by molar-refractivity contribution is 7.86. The fourth-order valence-corrected chi connectivity index (χ4v) is 3.60. The van der Waals surface area contributed by atoms with E-state index in [0.29, 0.717) is 13.1 Å². The summed E-state index contributed by atoms with van der Waals surface area (Å²) in [5, 5.41) is 0. The minimum atomic E-state index is -3.31. The zero-order chi connectivity index (χ0) is 14.8. The van der Waals surface area contributed by atoms with Crippen molar-refractivity contribution in [3.8, 4) is 0 Å². The average molecular weight is 297 g/mol. The molecule has 1 aliphatic heterocycles. The highest BCUT2D eigenvalue weighted by Gasteiger charge is 2.32. The van der Waals surface area contributed by atoms with Crippen LogP contribution in [0.5, 0.6) is 0 Å². The van der Waals surface area contributed by atoms with Gasteiger partial charge in [0, 0.05) is 39.8 Å². The lowest BCUT2D eigenvalue weighted by Gasteiger charge is -2.39. The number of hydrogen-bond donors (Lipinski definition) is 0. The molecule has 2 rings (SSSR count). The SMILES string of the molecule is CN1CCN(S(=O)(=O)N(C)C)C[C@H]1Cc1ccccc1. The topological polar surface area (TPSA) is 43.9 Å². The van der Waals surface area contributed by atoms with Crippen LogP contribution in [0.1, 0.15) is 5.56 Å². The Morgan fingerprint density at radius 2 is 1.85 bits per heavy atom. The smallest absolute Gasteiger partial charge is 0.281 e. The van der Waals surface area contributed by atoms with Crippen molar-refractivity contribution in [2.45, 2.75) is 12.5 Å². The third kappa shape index (κ3) is 3.38. The van der Waals surface area contributed by atoms with Gasteiger partial charge in [-0.3, -0.25) is 0 Å². The second-order valence-corrected chi connectivity index (χ2v) is 7.61. The predicted molar refractivity (Wildman–Crippen MR) is 80.7 cm³/mol. The van der Waals surface area contributed by atoms with Gasteiger partial charge >= 0.3 is 0 Å². The maximum atomic E-state index is 12.2. The summed E-state index contributed by atoms with van der Waals surface area (Å²) in [4.78, 5) is 2.24. The van der Waals surface area contributed by atoms with E-state index in [1.807, 2.05) is 18.2 Å². The van der Waals surface area contributed by atoms with E-state index in [-0.39, 0.29) is 6.04 Å². The molecule has 0 N–H and O–H groups in total. The first-order valence-corrected chi connectivity index (χ1v) is 8.22. The van der Waals surface area contributed by atoms with E-state index < -0.39 is 10.2 Å². The molecule has 20 heavy (non-hydrogen) atoms. The van der Waals surface area contributed by atoms with Gasteiger partial charge in [0.25, 0.3) is 10.2 Å². The van der Waals surface area contributed by atoms with Crippen molar-refractivity contribution in [1.82, 2.24) is 13.5 Å². The second-order valence-electron chi connectivity index (χ2n) is 5.47. The van der Waals surface area contributed by atoms with Crippen molar-refractivity contribution >= 4 is 10.2 Å². The number of hydrogen-bond acceptors (Lipinski definition) is 3. The molecule has 6 heteroatoms. The van der Waals surface area contributed by atoms with Crippen LogP contribution in [0, 0.1) is 0 Å². The number of likely N-dealkylation sites (N-methyl/N-ethyl adjacent to an activating group) is 1. The van der Waals surface area contributed by atoms with Crippen LogP contribution in [-0.2, 0) is 16.6 Å². The van der Waals surface area contributed by atoms with E-state index in [4.69, 9.17) is 0 Å². The van der Waals surface area contributed by atoms with Crippen LogP contribution >= 0.6 is 0 Å². The standard InChI is InChI=1S/C14H23N3O2S/c1-15(2)20(18,19)17-10-9-16(3)14(12-17)11-13-7-5-4-6-8-13/h4-8,14H,9-12H2,1-3H3/t14-/m1/s1. The summed E-state index contributed by atoms with van der Waals surface area (Å²) in [6.45, 7) is 1.87. The van der Waals surface area contributed by atoms with Gasteiger partial charge in [-0.05, 0) is 19.0 Å². The van der Waals surface area contributed by atoms with Crippen LogP contribution in [0.25, 0.3) is 0 Å². The minimum absolute atomic E-state index is 0.223. The number of benzene rings is 1. The Kier molecular flexibility index (Phi) is 4.80. The number of piperazine rings is 1. The fraction of sp³-hybridized carbons (Fsp3) is 0.571. The normalized spacial score (nSPS) is 22.3. The molecule has 1 aromatic carbocycles. The van der Waals surface area contributed by atoms with E-state index in [1.165, 1.54) is 9.87 Å². The van der Waals surface area contributed by atoms with Crippen LogP contribution in [0.4, 0.5) is 0 Å². The summed E-state index contributed by atoms with van der Waals surface area (Å²) < 4.78 is 27.3. The quantitative estimate of drug-likeness (QED) is 0.820. The first-order chi connectivity index (χ1) is 9.41. The molecule has 0 saturated carbocycles. The van der Waals surface area contributed by atoms with Gasteiger partial charge in [0.15, 0.2) is 0 Å². The van der Waals surface area contributed by atoms with Gasteiger partial charge in [0.2, 0.25) is 0 Å². The van der Waals surface area contributed by atoms with Gasteiger partial charge in [-0.1, -0.05) is 30.3 Å². The molecule has 1 aliphatic rings. The molecule has 1 fully saturated rings. The first kappa shape index (κ1) is 15.4. The van der Waals surface area contributed by atoms with E-state index >= 15 is 0 Å². The summed E-state index contributed by atoms with van der Waals surface area (Å²) >= 11 is 0. The summed E-state index contributed by atoms with van der Waals surface area (Å²) in [6, 6.07) is 10.4. The molecule has 0 amide bonds. The Balaban J connectivity index is 2.09. The Labute approximate surface area is 122 Å². The summed E-state index contributed by atoms with van der Waals surface area (Å²) in [5.74, 6) is 0. The Morgan fingerprint density at radius 3 is 2.45 bits per heavy atom. The summed E-state index contributed by atoms with van der Waals surface area (Å²) in [7, 11) is 1.92.